The van der Waals surface area contributed by atoms with Crippen LogP contribution in [0.25, 0.3) is 11.3 Å². The summed E-state index contributed by atoms with van der Waals surface area (Å²) in [6.07, 6.45) is 0. The molecule has 34 heavy (non-hydrogen) atoms. The van der Waals surface area contributed by atoms with Gasteiger partial charge in [-0.25, -0.2) is 9.59 Å². The zero-order valence-electron chi connectivity index (χ0n) is 18.4. The summed E-state index contributed by atoms with van der Waals surface area (Å²) in [4.78, 5) is 21.8. The Morgan fingerprint density at radius 3 is 1.68 bits per heavy atom. The first-order valence-electron chi connectivity index (χ1n) is 9.84. The third-order valence-electron chi connectivity index (χ3n) is 4.11. The van der Waals surface area contributed by atoms with E-state index in [9.17, 15) is 9.59 Å². The van der Waals surface area contributed by atoms with Crippen molar-refractivity contribution < 1.29 is 37.9 Å². The van der Waals surface area contributed by atoms with Crippen LogP contribution in [0.5, 0.6) is 0 Å². The quantitative estimate of drug-likeness (QED) is 0.302. The van der Waals surface area contributed by atoms with E-state index in [-0.39, 0.29) is 11.5 Å². The average molecular weight is 529 g/mol. The van der Waals surface area contributed by atoms with Gasteiger partial charge in [0.2, 0.25) is 11.5 Å². The average Bonchev–Trinajstić information content (AvgIpc) is 3.55. The molecule has 2 N–H and O–H groups in total. The van der Waals surface area contributed by atoms with Crippen LogP contribution in [-0.2, 0) is 9.47 Å². The van der Waals surface area contributed by atoms with Crippen molar-refractivity contribution in [1.82, 2.24) is 0 Å². The molecule has 0 aliphatic heterocycles. The van der Waals surface area contributed by atoms with Crippen molar-refractivity contribution in [2.24, 2.45) is 0 Å². The van der Waals surface area contributed by atoms with Gasteiger partial charge in [0.25, 0.3) is 0 Å². The van der Waals surface area contributed by atoms with E-state index in [2.05, 4.69) is 25.4 Å². The molecule has 0 spiro atoms. The van der Waals surface area contributed by atoms with E-state index >= 15 is 0 Å². The van der Waals surface area contributed by atoms with E-state index in [1.54, 1.807) is 42.5 Å². The zero-order chi connectivity index (χ0) is 24.9. The maximum Gasteiger partial charge on any atom is 0.488 e. The number of carbonyl (C=O) groups excluding carboxylic acids is 2. The number of esters is 2. The summed E-state index contributed by atoms with van der Waals surface area (Å²) in [7, 11) is 1.29. The molecule has 4 rings (SSSR count). The molecule has 0 bridgehead atoms. The second-order valence-corrected chi connectivity index (χ2v) is 7.18. The van der Waals surface area contributed by atoms with E-state index < -0.39 is 19.1 Å². The van der Waals surface area contributed by atoms with Crippen molar-refractivity contribution in [2.45, 2.75) is 0 Å². The van der Waals surface area contributed by atoms with Crippen molar-refractivity contribution in [3.05, 3.63) is 101 Å². The molecule has 8 nitrogen and oxygen atoms in total. The molecule has 0 aliphatic carbocycles. The third kappa shape index (κ3) is 8.40. The largest absolute Gasteiger partial charge is 0.488 e. The topological polar surface area (TPSA) is 119 Å². The lowest BCUT2D eigenvalue weighted by atomic mass is 9.81. The second kappa shape index (κ2) is 13.8. The molecule has 2 heterocycles. The van der Waals surface area contributed by atoms with Gasteiger partial charge in [0.15, 0.2) is 4.67 Å². The standard InChI is InChI=1S/C12H10O3.C6H7BO2.C6H5BrO3/c1-14-12(13)11-8-7-10(15-11)9-5-3-2-4-6-9;8-7(9)6-4-2-1-3-5-6;1-9-6(8)4-2-3-5(7)10-4/h2-8H,1H3;1-5,8-9H;2-3H,1H3. The Labute approximate surface area is 205 Å². The lowest BCUT2D eigenvalue weighted by molar-refractivity contribution is 0.0557. The summed E-state index contributed by atoms with van der Waals surface area (Å²) in [5.41, 5.74) is 1.46. The second-order valence-electron chi connectivity index (χ2n) is 6.40. The Balaban J connectivity index is 0.000000189. The van der Waals surface area contributed by atoms with Crippen LogP contribution in [-0.4, -0.2) is 43.3 Å². The number of ether oxygens (including phenoxy) is 2. The first-order chi connectivity index (χ1) is 16.3. The van der Waals surface area contributed by atoms with Crippen LogP contribution < -0.4 is 5.46 Å². The van der Waals surface area contributed by atoms with Crippen LogP contribution >= 0.6 is 15.9 Å². The number of carbonyl (C=O) groups is 2. The molecule has 2 aromatic heterocycles. The fraction of sp³-hybridized carbons (Fsp3) is 0.0833. The Kier molecular flexibility index (Phi) is 10.8. The Morgan fingerprint density at radius 2 is 1.24 bits per heavy atom. The van der Waals surface area contributed by atoms with Crippen molar-refractivity contribution >= 4 is 40.4 Å². The Bertz CT molecular complexity index is 1160. The van der Waals surface area contributed by atoms with E-state index in [1.807, 2.05) is 36.4 Å². The smallest absolute Gasteiger partial charge is 0.463 e. The van der Waals surface area contributed by atoms with E-state index in [0.717, 1.165) is 5.56 Å². The van der Waals surface area contributed by atoms with Gasteiger partial charge < -0.3 is 28.4 Å². The van der Waals surface area contributed by atoms with Crippen LogP contribution in [0, 0.1) is 0 Å². The molecule has 0 radical (unpaired) electrons. The van der Waals surface area contributed by atoms with Gasteiger partial charge in [-0.05, 0) is 45.7 Å². The zero-order valence-corrected chi connectivity index (χ0v) is 20.0. The van der Waals surface area contributed by atoms with Gasteiger partial charge in [-0.3, -0.25) is 0 Å². The number of benzene rings is 2. The molecule has 0 atom stereocenters. The van der Waals surface area contributed by atoms with E-state index in [1.165, 1.54) is 20.3 Å². The summed E-state index contributed by atoms with van der Waals surface area (Å²) in [6.45, 7) is 0. The molecule has 0 saturated heterocycles. The molecule has 0 amide bonds. The first-order valence-corrected chi connectivity index (χ1v) is 10.6. The summed E-state index contributed by atoms with van der Waals surface area (Å²) < 4.78 is 19.7. The monoisotopic (exact) mass is 528 g/mol. The van der Waals surface area contributed by atoms with E-state index in [0.29, 0.717) is 15.9 Å². The maximum atomic E-state index is 11.1. The molecule has 0 fully saturated rings. The van der Waals surface area contributed by atoms with Gasteiger partial charge in [-0.1, -0.05) is 60.7 Å². The summed E-state index contributed by atoms with van der Waals surface area (Å²) >= 11 is 3.06. The maximum absolute atomic E-state index is 11.1. The highest BCUT2D eigenvalue weighted by Gasteiger charge is 2.11. The van der Waals surface area contributed by atoms with Gasteiger partial charge >= 0.3 is 19.1 Å². The van der Waals surface area contributed by atoms with Crippen molar-refractivity contribution in [2.75, 3.05) is 14.2 Å². The number of hydrogen-bond donors (Lipinski definition) is 2. The van der Waals surface area contributed by atoms with Gasteiger partial charge in [-0.15, -0.1) is 0 Å². The number of hydrogen-bond acceptors (Lipinski definition) is 8. The highest BCUT2D eigenvalue weighted by Crippen LogP contribution is 2.21. The number of halogens is 1. The van der Waals surface area contributed by atoms with Crippen molar-refractivity contribution in [3.8, 4) is 11.3 Å². The summed E-state index contributed by atoms with van der Waals surface area (Å²) in [5.74, 6) is 0.157. The minimum atomic E-state index is -1.34. The Morgan fingerprint density at radius 1 is 0.735 bits per heavy atom. The molecule has 10 heteroatoms. The third-order valence-corrected chi connectivity index (χ3v) is 4.53. The Hall–Kier alpha value is -3.60. The summed E-state index contributed by atoms with van der Waals surface area (Å²) in [5, 5.41) is 17.2. The number of methoxy groups -OCH3 is 2. The van der Waals surface area contributed by atoms with Crippen molar-refractivity contribution in [1.29, 1.82) is 0 Å². The molecule has 0 unspecified atom stereocenters. The predicted molar refractivity (Wildman–Crippen MR) is 129 cm³/mol. The molecule has 176 valence electrons. The van der Waals surface area contributed by atoms with Crippen LogP contribution in [0.1, 0.15) is 21.1 Å². The van der Waals surface area contributed by atoms with Crippen LogP contribution in [0.4, 0.5) is 0 Å². The molecular formula is C24H22BBrO8. The highest BCUT2D eigenvalue weighted by molar-refractivity contribution is 9.10. The molecule has 4 aromatic rings. The molecule has 2 aromatic carbocycles. The number of rotatable bonds is 4. The van der Waals surface area contributed by atoms with Gasteiger partial charge in [0, 0.05) is 5.56 Å². The molecule has 0 saturated carbocycles. The van der Waals surface area contributed by atoms with Crippen LogP contribution in [0.2, 0.25) is 0 Å². The lowest BCUT2D eigenvalue weighted by Crippen LogP contribution is -2.29. The number of furan rings is 2. The van der Waals surface area contributed by atoms with Crippen molar-refractivity contribution in [3.63, 3.8) is 0 Å². The van der Waals surface area contributed by atoms with Gasteiger partial charge in [0.1, 0.15) is 5.76 Å². The van der Waals surface area contributed by atoms with Gasteiger partial charge in [-0.2, -0.15) is 0 Å². The fourth-order valence-corrected chi connectivity index (χ4v) is 2.76. The van der Waals surface area contributed by atoms with Crippen LogP contribution in [0.3, 0.4) is 0 Å². The summed E-state index contributed by atoms with van der Waals surface area (Å²) in [6, 6.07) is 24.8. The molecular weight excluding hydrogens is 507 g/mol. The molecule has 0 aliphatic rings. The van der Waals surface area contributed by atoms with Crippen LogP contribution in [0.15, 0.2) is 98.4 Å². The first kappa shape index (κ1) is 26.7. The fourth-order valence-electron chi connectivity index (χ4n) is 2.46. The lowest BCUT2D eigenvalue weighted by Gasteiger charge is -1.95. The SMILES string of the molecule is COC(=O)c1ccc(-c2ccccc2)o1.COC(=O)c1ccc(Br)o1.OB(O)c1ccccc1. The highest BCUT2D eigenvalue weighted by atomic mass is 79.9. The predicted octanol–water partition coefficient (Wildman–Crippen LogP) is 3.93. The minimum Gasteiger partial charge on any atom is -0.463 e. The van der Waals surface area contributed by atoms with E-state index in [4.69, 9.17) is 18.9 Å². The minimum absolute atomic E-state index is 0.203. The van der Waals surface area contributed by atoms with Gasteiger partial charge in [0.05, 0.1) is 14.2 Å². The normalized spacial score (nSPS) is 9.56.